The number of nitrogens with one attached hydrogen (secondary N) is 1. The molecule has 2 aliphatic rings. The summed E-state index contributed by atoms with van der Waals surface area (Å²) in [7, 11) is -3.31. The molecule has 0 amide bonds. The van der Waals surface area contributed by atoms with Crippen LogP contribution in [0.5, 0.6) is 0 Å². The van der Waals surface area contributed by atoms with Crippen LogP contribution in [0.3, 0.4) is 0 Å². The van der Waals surface area contributed by atoms with Gasteiger partial charge >= 0.3 is 0 Å². The lowest BCUT2D eigenvalue weighted by atomic mass is 10.1. The zero-order valence-corrected chi connectivity index (χ0v) is 11.1. The van der Waals surface area contributed by atoms with E-state index in [1.165, 1.54) is 12.8 Å². The van der Waals surface area contributed by atoms with Gasteiger partial charge < -0.3 is 5.73 Å². The standard InChI is InChI=1S/C11H23N3O2S/c12-9-11-3-1-2-8-14(11)17(15,16)13-7-6-10-4-5-10/h10-11,13H,1-9,12H2. The van der Waals surface area contributed by atoms with Crippen LogP contribution in [-0.2, 0) is 10.2 Å². The summed E-state index contributed by atoms with van der Waals surface area (Å²) in [6.45, 7) is 1.60. The molecular formula is C11H23N3O2S. The molecule has 0 aromatic rings. The summed E-state index contributed by atoms with van der Waals surface area (Å²) >= 11 is 0. The molecule has 6 heteroatoms. The van der Waals surface area contributed by atoms with Crippen LogP contribution in [0.25, 0.3) is 0 Å². The predicted octanol–water partition coefficient (Wildman–Crippen LogP) is 0.434. The summed E-state index contributed by atoms with van der Waals surface area (Å²) in [6, 6.07) is -0.0119. The Bertz CT molecular complexity index is 341. The van der Waals surface area contributed by atoms with E-state index in [9.17, 15) is 8.42 Å². The molecule has 1 aliphatic carbocycles. The van der Waals surface area contributed by atoms with Crippen molar-refractivity contribution in [2.75, 3.05) is 19.6 Å². The first-order chi connectivity index (χ1) is 8.13. The van der Waals surface area contributed by atoms with Gasteiger partial charge in [-0.1, -0.05) is 19.3 Å². The Hall–Kier alpha value is -0.170. The van der Waals surface area contributed by atoms with Gasteiger partial charge in [0.1, 0.15) is 0 Å². The number of piperidine rings is 1. The third-order valence-electron chi connectivity index (χ3n) is 3.69. The minimum absolute atomic E-state index is 0.0119. The van der Waals surface area contributed by atoms with Crippen molar-refractivity contribution in [3.63, 3.8) is 0 Å². The highest BCUT2D eigenvalue weighted by Crippen LogP contribution is 2.31. The third kappa shape index (κ3) is 3.64. The lowest BCUT2D eigenvalue weighted by Gasteiger charge is -2.33. The normalized spacial score (nSPS) is 27.2. The summed E-state index contributed by atoms with van der Waals surface area (Å²) in [5.74, 6) is 0.754. The van der Waals surface area contributed by atoms with E-state index in [2.05, 4.69) is 4.72 Å². The summed E-state index contributed by atoms with van der Waals surface area (Å²) in [4.78, 5) is 0. The maximum absolute atomic E-state index is 12.1. The van der Waals surface area contributed by atoms with Gasteiger partial charge in [-0.15, -0.1) is 0 Å². The molecule has 1 saturated carbocycles. The molecule has 0 bridgehead atoms. The van der Waals surface area contributed by atoms with E-state index in [1.54, 1.807) is 4.31 Å². The van der Waals surface area contributed by atoms with E-state index in [1.807, 2.05) is 0 Å². The molecule has 0 spiro atoms. The molecule has 1 unspecified atom stereocenters. The van der Waals surface area contributed by atoms with Crippen LogP contribution in [0.1, 0.15) is 38.5 Å². The monoisotopic (exact) mass is 261 g/mol. The van der Waals surface area contributed by atoms with Crippen molar-refractivity contribution in [2.45, 2.75) is 44.6 Å². The highest BCUT2D eigenvalue weighted by Gasteiger charge is 2.31. The van der Waals surface area contributed by atoms with Crippen LogP contribution in [0.4, 0.5) is 0 Å². The average Bonchev–Trinajstić information content (AvgIpc) is 3.13. The molecule has 1 aliphatic heterocycles. The van der Waals surface area contributed by atoms with Gasteiger partial charge in [0, 0.05) is 25.7 Å². The van der Waals surface area contributed by atoms with Crippen LogP contribution < -0.4 is 10.5 Å². The largest absolute Gasteiger partial charge is 0.329 e. The van der Waals surface area contributed by atoms with E-state index < -0.39 is 10.2 Å². The van der Waals surface area contributed by atoms with Crippen LogP contribution in [0.2, 0.25) is 0 Å². The Balaban J connectivity index is 1.87. The number of rotatable bonds is 6. The Labute approximate surface area is 104 Å². The maximum atomic E-state index is 12.1. The first-order valence-electron chi connectivity index (χ1n) is 6.60. The van der Waals surface area contributed by atoms with E-state index in [-0.39, 0.29) is 6.04 Å². The first-order valence-corrected chi connectivity index (χ1v) is 8.04. The molecular weight excluding hydrogens is 238 g/mol. The maximum Gasteiger partial charge on any atom is 0.279 e. The van der Waals surface area contributed by atoms with Gasteiger partial charge in [0.25, 0.3) is 10.2 Å². The van der Waals surface area contributed by atoms with Crippen molar-refractivity contribution >= 4 is 10.2 Å². The molecule has 0 aromatic carbocycles. The van der Waals surface area contributed by atoms with Gasteiger partial charge in [0.05, 0.1) is 0 Å². The number of hydrogen-bond acceptors (Lipinski definition) is 3. The van der Waals surface area contributed by atoms with Gasteiger partial charge in [-0.05, 0) is 25.2 Å². The van der Waals surface area contributed by atoms with Crippen molar-refractivity contribution in [1.29, 1.82) is 0 Å². The Morgan fingerprint density at radius 2 is 2.00 bits per heavy atom. The SMILES string of the molecule is NCC1CCCCN1S(=O)(=O)NCCC1CC1. The molecule has 1 saturated heterocycles. The second kappa shape index (κ2) is 5.65. The van der Waals surface area contributed by atoms with E-state index in [0.29, 0.717) is 19.6 Å². The van der Waals surface area contributed by atoms with E-state index >= 15 is 0 Å². The molecule has 100 valence electrons. The lowest BCUT2D eigenvalue weighted by molar-refractivity contribution is 0.254. The quantitative estimate of drug-likeness (QED) is 0.728. The molecule has 2 rings (SSSR count). The van der Waals surface area contributed by atoms with Crippen LogP contribution in [0, 0.1) is 5.92 Å². The Morgan fingerprint density at radius 3 is 2.65 bits per heavy atom. The van der Waals surface area contributed by atoms with Crippen molar-refractivity contribution in [3.05, 3.63) is 0 Å². The Morgan fingerprint density at radius 1 is 1.24 bits per heavy atom. The molecule has 1 heterocycles. The van der Waals surface area contributed by atoms with Crippen molar-refractivity contribution < 1.29 is 8.42 Å². The predicted molar refractivity (Wildman–Crippen MR) is 67.7 cm³/mol. The molecule has 17 heavy (non-hydrogen) atoms. The minimum atomic E-state index is -3.31. The number of hydrogen-bond donors (Lipinski definition) is 2. The van der Waals surface area contributed by atoms with E-state index in [0.717, 1.165) is 31.6 Å². The summed E-state index contributed by atoms with van der Waals surface area (Å²) in [5.41, 5.74) is 5.64. The van der Waals surface area contributed by atoms with Crippen molar-refractivity contribution in [2.24, 2.45) is 11.7 Å². The van der Waals surface area contributed by atoms with Crippen LogP contribution in [-0.4, -0.2) is 38.4 Å². The molecule has 0 aromatic heterocycles. The average molecular weight is 261 g/mol. The van der Waals surface area contributed by atoms with Gasteiger partial charge in [-0.2, -0.15) is 12.7 Å². The summed E-state index contributed by atoms with van der Waals surface area (Å²) < 4.78 is 28.5. The fraction of sp³-hybridized carbons (Fsp3) is 1.00. The van der Waals surface area contributed by atoms with Gasteiger partial charge in [0.2, 0.25) is 0 Å². The van der Waals surface area contributed by atoms with Crippen LogP contribution in [0.15, 0.2) is 0 Å². The minimum Gasteiger partial charge on any atom is -0.329 e. The summed E-state index contributed by atoms with van der Waals surface area (Å²) in [5, 5.41) is 0. The number of nitrogens with zero attached hydrogens (tertiary/aromatic N) is 1. The fourth-order valence-electron chi connectivity index (χ4n) is 2.41. The number of nitrogens with two attached hydrogens (primary N) is 1. The van der Waals surface area contributed by atoms with Crippen LogP contribution >= 0.6 is 0 Å². The fourth-order valence-corrected chi connectivity index (χ4v) is 3.90. The Kier molecular flexibility index (Phi) is 4.41. The molecule has 5 nitrogen and oxygen atoms in total. The molecule has 1 atom stereocenters. The van der Waals surface area contributed by atoms with E-state index in [4.69, 9.17) is 5.73 Å². The summed E-state index contributed by atoms with van der Waals surface area (Å²) in [6.07, 6.45) is 6.41. The van der Waals surface area contributed by atoms with Gasteiger partial charge in [-0.25, -0.2) is 4.72 Å². The smallest absolute Gasteiger partial charge is 0.279 e. The molecule has 2 fully saturated rings. The zero-order valence-electron chi connectivity index (χ0n) is 10.3. The second-order valence-electron chi connectivity index (χ2n) is 5.13. The second-order valence-corrected chi connectivity index (χ2v) is 6.84. The topological polar surface area (TPSA) is 75.4 Å². The van der Waals surface area contributed by atoms with Gasteiger partial charge in [0.15, 0.2) is 0 Å². The highest BCUT2D eigenvalue weighted by molar-refractivity contribution is 7.87. The lowest BCUT2D eigenvalue weighted by Crippen LogP contribution is -2.51. The highest BCUT2D eigenvalue weighted by atomic mass is 32.2. The van der Waals surface area contributed by atoms with Crippen molar-refractivity contribution in [1.82, 2.24) is 9.03 Å². The van der Waals surface area contributed by atoms with Crippen molar-refractivity contribution in [3.8, 4) is 0 Å². The molecule has 0 radical (unpaired) electrons. The first kappa shape index (κ1) is 13.3. The van der Waals surface area contributed by atoms with Gasteiger partial charge in [-0.3, -0.25) is 0 Å². The molecule has 3 N–H and O–H groups in total. The third-order valence-corrected chi connectivity index (χ3v) is 5.35. The zero-order chi connectivity index (χ0) is 12.3.